The number of benzene rings is 1. The molecule has 14 heavy (non-hydrogen) atoms. The Labute approximate surface area is 87.8 Å². The zero-order chi connectivity index (χ0) is 10.8. The number of rotatable bonds is 2. The summed E-state index contributed by atoms with van der Waals surface area (Å²) in [4.78, 5) is 0. The molecule has 0 bridgehead atoms. The van der Waals surface area contributed by atoms with Crippen LogP contribution in [-0.4, -0.2) is 5.60 Å². The summed E-state index contributed by atoms with van der Waals surface area (Å²) in [6.45, 7) is 3.36. The van der Waals surface area contributed by atoms with E-state index in [4.69, 9.17) is 22.8 Å². The molecule has 0 spiro atoms. The van der Waals surface area contributed by atoms with Crippen LogP contribution in [0, 0.1) is 18.2 Å². The van der Waals surface area contributed by atoms with Crippen molar-refractivity contribution in [2.24, 2.45) is 0 Å². The molecule has 74 valence electrons. The average molecular weight is 213 g/mol. The molecule has 0 atom stereocenters. The van der Waals surface area contributed by atoms with Crippen molar-refractivity contribution < 1.29 is 9.13 Å². The summed E-state index contributed by atoms with van der Waals surface area (Å²) in [6.07, 6.45) is 5.21. The van der Waals surface area contributed by atoms with Crippen LogP contribution in [0.1, 0.15) is 13.8 Å². The summed E-state index contributed by atoms with van der Waals surface area (Å²) < 4.78 is 18.5. The van der Waals surface area contributed by atoms with Gasteiger partial charge < -0.3 is 4.74 Å². The Morgan fingerprint density at radius 3 is 2.64 bits per heavy atom. The molecule has 0 radical (unpaired) electrons. The molecule has 0 N–H and O–H groups in total. The molecule has 0 aliphatic heterocycles. The first kappa shape index (κ1) is 10.9. The summed E-state index contributed by atoms with van der Waals surface area (Å²) in [5.74, 6) is 2.01. The molecule has 0 aliphatic carbocycles. The summed E-state index contributed by atoms with van der Waals surface area (Å²) >= 11 is 5.59. The molecule has 0 saturated heterocycles. The number of terminal acetylenes is 1. The molecule has 0 unspecified atom stereocenters. The Morgan fingerprint density at radius 2 is 2.14 bits per heavy atom. The lowest BCUT2D eigenvalue weighted by molar-refractivity contribution is 0.164. The van der Waals surface area contributed by atoms with Gasteiger partial charge >= 0.3 is 0 Å². The third-order valence-corrected chi connectivity index (χ3v) is 1.84. The molecule has 0 saturated carbocycles. The van der Waals surface area contributed by atoms with Crippen molar-refractivity contribution in [1.29, 1.82) is 0 Å². The van der Waals surface area contributed by atoms with Gasteiger partial charge in [0, 0.05) is 5.02 Å². The van der Waals surface area contributed by atoms with Crippen LogP contribution in [0.3, 0.4) is 0 Å². The van der Waals surface area contributed by atoms with E-state index in [1.54, 1.807) is 19.9 Å². The van der Waals surface area contributed by atoms with Gasteiger partial charge in [0.1, 0.15) is 0 Å². The number of hydrogen-bond acceptors (Lipinski definition) is 1. The topological polar surface area (TPSA) is 9.23 Å². The van der Waals surface area contributed by atoms with E-state index in [0.29, 0.717) is 5.02 Å². The van der Waals surface area contributed by atoms with Crippen molar-refractivity contribution in [3.8, 4) is 18.1 Å². The predicted octanol–water partition coefficient (Wildman–Crippen LogP) is 3.27. The van der Waals surface area contributed by atoms with Crippen LogP contribution in [0.15, 0.2) is 18.2 Å². The minimum absolute atomic E-state index is 0.109. The van der Waals surface area contributed by atoms with E-state index >= 15 is 0 Å². The van der Waals surface area contributed by atoms with Crippen LogP contribution in [-0.2, 0) is 0 Å². The highest BCUT2D eigenvalue weighted by molar-refractivity contribution is 6.30. The second kappa shape index (κ2) is 3.89. The molecule has 0 fully saturated rings. The first-order valence-electron chi connectivity index (χ1n) is 4.06. The third kappa shape index (κ3) is 2.65. The van der Waals surface area contributed by atoms with Crippen LogP contribution in [0.5, 0.6) is 5.75 Å². The largest absolute Gasteiger partial charge is 0.472 e. The number of ether oxygens (including phenoxy) is 1. The van der Waals surface area contributed by atoms with Gasteiger partial charge in [0.15, 0.2) is 17.2 Å². The second-order valence-corrected chi connectivity index (χ2v) is 3.77. The Morgan fingerprint density at radius 1 is 1.50 bits per heavy atom. The van der Waals surface area contributed by atoms with Gasteiger partial charge in [0.25, 0.3) is 0 Å². The number of hydrogen-bond donors (Lipinski definition) is 0. The molecule has 3 heteroatoms. The molecule has 1 nitrogen and oxygen atoms in total. The van der Waals surface area contributed by atoms with Gasteiger partial charge in [-0.15, -0.1) is 6.42 Å². The lowest BCUT2D eigenvalue weighted by Crippen LogP contribution is -2.25. The minimum Gasteiger partial charge on any atom is -0.472 e. The maximum absolute atomic E-state index is 13.2. The van der Waals surface area contributed by atoms with Crippen LogP contribution in [0.25, 0.3) is 0 Å². The van der Waals surface area contributed by atoms with Crippen LogP contribution in [0.2, 0.25) is 5.02 Å². The Kier molecular flexibility index (Phi) is 3.03. The Hall–Kier alpha value is -1.20. The normalized spacial score (nSPS) is 10.8. The molecule has 1 rings (SSSR count). The van der Waals surface area contributed by atoms with Gasteiger partial charge in [-0.05, 0) is 32.0 Å². The van der Waals surface area contributed by atoms with Crippen molar-refractivity contribution >= 4 is 11.6 Å². The molecular formula is C11H10ClFO. The van der Waals surface area contributed by atoms with Crippen molar-refractivity contribution in [2.75, 3.05) is 0 Å². The van der Waals surface area contributed by atoms with Crippen molar-refractivity contribution in [2.45, 2.75) is 19.4 Å². The van der Waals surface area contributed by atoms with E-state index in [1.165, 1.54) is 12.1 Å². The SMILES string of the molecule is C#CC(C)(C)Oc1ccc(Cl)cc1F. The maximum Gasteiger partial charge on any atom is 0.166 e. The van der Waals surface area contributed by atoms with Crippen LogP contribution >= 0.6 is 11.6 Å². The molecular weight excluding hydrogens is 203 g/mol. The molecule has 0 heterocycles. The summed E-state index contributed by atoms with van der Waals surface area (Å²) in [5, 5.41) is 0.327. The quantitative estimate of drug-likeness (QED) is 0.684. The summed E-state index contributed by atoms with van der Waals surface area (Å²) in [6, 6.07) is 4.19. The van der Waals surface area contributed by atoms with Gasteiger partial charge in [0.05, 0.1) is 0 Å². The van der Waals surface area contributed by atoms with Gasteiger partial charge in [-0.25, -0.2) is 4.39 Å². The maximum atomic E-state index is 13.2. The minimum atomic E-state index is -0.825. The predicted molar refractivity (Wildman–Crippen MR) is 55.0 cm³/mol. The number of halogens is 2. The Bertz CT molecular complexity index is 379. The third-order valence-electron chi connectivity index (χ3n) is 1.61. The van der Waals surface area contributed by atoms with Crippen molar-refractivity contribution in [1.82, 2.24) is 0 Å². The van der Waals surface area contributed by atoms with E-state index < -0.39 is 11.4 Å². The molecule has 0 aliphatic rings. The lowest BCUT2D eigenvalue weighted by Gasteiger charge is -2.20. The standard InChI is InChI=1S/C11H10ClFO/c1-4-11(2,3)14-10-6-5-8(12)7-9(10)13/h1,5-7H,2-3H3. The second-order valence-electron chi connectivity index (χ2n) is 3.33. The van der Waals surface area contributed by atoms with Crippen molar-refractivity contribution in [3.05, 3.63) is 29.0 Å². The lowest BCUT2D eigenvalue weighted by atomic mass is 10.1. The highest BCUT2D eigenvalue weighted by Crippen LogP contribution is 2.24. The van der Waals surface area contributed by atoms with E-state index in [2.05, 4.69) is 5.92 Å². The Balaban J connectivity index is 2.94. The smallest absolute Gasteiger partial charge is 0.166 e. The van der Waals surface area contributed by atoms with Gasteiger partial charge in [-0.1, -0.05) is 17.5 Å². The van der Waals surface area contributed by atoms with Crippen molar-refractivity contribution in [3.63, 3.8) is 0 Å². The van der Waals surface area contributed by atoms with E-state index in [0.717, 1.165) is 0 Å². The fourth-order valence-corrected chi connectivity index (χ4v) is 1.02. The average Bonchev–Trinajstić information content (AvgIpc) is 2.10. The van der Waals surface area contributed by atoms with Gasteiger partial charge in [0.2, 0.25) is 0 Å². The van der Waals surface area contributed by atoms with E-state index in [9.17, 15) is 4.39 Å². The monoisotopic (exact) mass is 212 g/mol. The molecule has 1 aromatic rings. The summed E-state index contributed by atoms with van der Waals surface area (Å²) in [7, 11) is 0. The van der Waals surface area contributed by atoms with E-state index in [-0.39, 0.29) is 5.75 Å². The molecule has 1 aromatic carbocycles. The van der Waals surface area contributed by atoms with Crippen LogP contribution in [0.4, 0.5) is 4.39 Å². The molecule has 0 aromatic heterocycles. The highest BCUT2D eigenvalue weighted by Gasteiger charge is 2.17. The zero-order valence-corrected chi connectivity index (χ0v) is 8.73. The van der Waals surface area contributed by atoms with Crippen LogP contribution < -0.4 is 4.74 Å². The zero-order valence-electron chi connectivity index (χ0n) is 7.97. The van der Waals surface area contributed by atoms with Gasteiger partial charge in [-0.3, -0.25) is 0 Å². The fraction of sp³-hybridized carbons (Fsp3) is 0.273. The van der Waals surface area contributed by atoms with Gasteiger partial charge in [-0.2, -0.15) is 0 Å². The fourth-order valence-electron chi connectivity index (χ4n) is 0.862. The van der Waals surface area contributed by atoms with E-state index in [1.807, 2.05) is 0 Å². The first-order chi connectivity index (χ1) is 6.44. The summed E-state index contributed by atoms with van der Waals surface area (Å²) in [5.41, 5.74) is -0.825. The first-order valence-corrected chi connectivity index (χ1v) is 4.44. The molecule has 0 amide bonds. The highest BCUT2D eigenvalue weighted by atomic mass is 35.5.